The molecule has 0 bridgehead atoms. The van der Waals surface area contributed by atoms with Gasteiger partial charge in [-0.05, 0) is 18.6 Å². The summed E-state index contributed by atoms with van der Waals surface area (Å²) in [6.45, 7) is 2.13. The van der Waals surface area contributed by atoms with Gasteiger partial charge < -0.3 is 0 Å². The predicted molar refractivity (Wildman–Crippen MR) is 81.5 cm³/mol. The van der Waals surface area contributed by atoms with E-state index in [9.17, 15) is 18.0 Å². The monoisotopic (exact) mass is 364 g/mol. The van der Waals surface area contributed by atoms with Gasteiger partial charge in [0.1, 0.15) is 0 Å². The second-order valence-corrected chi connectivity index (χ2v) is 5.99. The largest absolute Gasteiger partial charge is 0.417 e. The predicted octanol–water partition coefficient (Wildman–Crippen LogP) is 6.40. The topological polar surface area (TPSA) is 17.1 Å². The van der Waals surface area contributed by atoms with Crippen LogP contribution in [0, 0.1) is 0 Å². The van der Waals surface area contributed by atoms with Gasteiger partial charge in [0, 0.05) is 16.5 Å². The summed E-state index contributed by atoms with van der Waals surface area (Å²) in [4.78, 5) is 11.9. The minimum atomic E-state index is -4.45. The molecule has 0 aliphatic carbocycles. The van der Waals surface area contributed by atoms with Gasteiger partial charge in [-0.3, -0.25) is 4.79 Å². The number of Topliss-reactive ketones (excluding diaryl/α,β-unsaturated/α-hetero) is 1. The van der Waals surface area contributed by atoms with E-state index >= 15 is 0 Å². The van der Waals surface area contributed by atoms with Crippen LogP contribution in [0.3, 0.4) is 0 Å². The third-order valence-electron chi connectivity index (χ3n) is 3.35. The molecule has 0 saturated carbocycles. The summed E-state index contributed by atoms with van der Waals surface area (Å²) in [6, 6.07) is 3.67. The summed E-state index contributed by atoms with van der Waals surface area (Å²) in [7, 11) is 0. The van der Waals surface area contributed by atoms with Gasteiger partial charge in [0.15, 0.2) is 5.78 Å². The second-order valence-electron chi connectivity index (χ2n) is 5.13. The van der Waals surface area contributed by atoms with Crippen molar-refractivity contribution in [1.82, 2.24) is 0 Å². The molecular formula is C16H20BrF3O. The Hall–Kier alpha value is -0.840. The minimum absolute atomic E-state index is 0.0360. The fourth-order valence-electron chi connectivity index (χ4n) is 2.13. The van der Waals surface area contributed by atoms with Crippen LogP contribution in [0.4, 0.5) is 13.2 Å². The molecule has 0 heterocycles. The van der Waals surface area contributed by atoms with Crippen molar-refractivity contribution in [2.75, 3.05) is 0 Å². The van der Waals surface area contributed by atoms with Crippen LogP contribution in [0.1, 0.15) is 67.8 Å². The fourth-order valence-corrected chi connectivity index (χ4v) is 2.60. The lowest BCUT2D eigenvalue weighted by Crippen LogP contribution is -2.08. The molecule has 0 unspecified atom stereocenters. The Morgan fingerprint density at radius 1 is 1.10 bits per heavy atom. The molecule has 5 heteroatoms. The Morgan fingerprint density at radius 2 is 1.71 bits per heavy atom. The zero-order valence-corrected chi connectivity index (χ0v) is 13.7. The fraction of sp³-hybridized carbons (Fsp3) is 0.562. The van der Waals surface area contributed by atoms with Gasteiger partial charge in [-0.2, -0.15) is 13.2 Å². The Morgan fingerprint density at radius 3 is 2.33 bits per heavy atom. The van der Waals surface area contributed by atoms with E-state index in [1.165, 1.54) is 18.6 Å². The third kappa shape index (κ3) is 6.20. The Bertz CT molecular complexity index is 469. The highest BCUT2D eigenvalue weighted by Crippen LogP contribution is 2.35. The van der Waals surface area contributed by atoms with E-state index in [0.717, 1.165) is 38.2 Å². The molecule has 21 heavy (non-hydrogen) atoms. The average molecular weight is 365 g/mol. The highest BCUT2D eigenvalue weighted by atomic mass is 79.9. The van der Waals surface area contributed by atoms with E-state index in [1.807, 2.05) is 0 Å². The van der Waals surface area contributed by atoms with Crippen LogP contribution in [-0.4, -0.2) is 5.78 Å². The van der Waals surface area contributed by atoms with Gasteiger partial charge in [0.05, 0.1) is 5.56 Å². The lowest BCUT2D eigenvalue weighted by molar-refractivity contribution is -0.138. The first-order valence-electron chi connectivity index (χ1n) is 7.26. The molecule has 1 aromatic rings. The maximum Gasteiger partial charge on any atom is 0.417 e. The number of alkyl halides is 3. The number of rotatable bonds is 8. The maximum absolute atomic E-state index is 12.8. The van der Waals surface area contributed by atoms with Gasteiger partial charge in [-0.25, -0.2) is 0 Å². The SMILES string of the molecule is CCCCCCCCC(=O)c1ccc(Br)c(C(F)(F)F)c1. The Kier molecular flexibility index (Phi) is 7.43. The number of unbranched alkanes of at least 4 members (excludes halogenated alkanes) is 5. The molecule has 0 radical (unpaired) electrons. The van der Waals surface area contributed by atoms with Crippen molar-refractivity contribution < 1.29 is 18.0 Å². The number of hydrogen-bond acceptors (Lipinski definition) is 1. The van der Waals surface area contributed by atoms with Crippen LogP contribution in [0.2, 0.25) is 0 Å². The standard InChI is InChI=1S/C16H20BrF3O/c1-2-3-4-5-6-7-8-15(21)12-9-10-14(17)13(11-12)16(18,19)20/h9-11H,2-8H2,1H3. The number of hydrogen-bond donors (Lipinski definition) is 0. The Balaban J connectivity index is 2.55. The Labute approximate surface area is 132 Å². The van der Waals surface area contributed by atoms with E-state index in [4.69, 9.17) is 0 Å². The molecule has 0 spiro atoms. The van der Waals surface area contributed by atoms with Crippen LogP contribution in [0.15, 0.2) is 22.7 Å². The first-order valence-corrected chi connectivity index (χ1v) is 8.05. The lowest BCUT2D eigenvalue weighted by Gasteiger charge is -2.10. The summed E-state index contributed by atoms with van der Waals surface area (Å²) in [5.74, 6) is -0.219. The number of carbonyl (C=O) groups excluding carboxylic acids is 1. The maximum atomic E-state index is 12.8. The summed E-state index contributed by atoms with van der Waals surface area (Å²) in [6.07, 6.45) is 2.14. The molecule has 0 saturated heterocycles. The van der Waals surface area contributed by atoms with Crippen molar-refractivity contribution in [2.24, 2.45) is 0 Å². The molecule has 0 fully saturated rings. The first-order chi connectivity index (χ1) is 9.86. The van der Waals surface area contributed by atoms with Crippen molar-refractivity contribution >= 4 is 21.7 Å². The van der Waals surface area contributed by atoms with Gasteiger partial charge in [-0.15, -0.1) is 0 Å². The number of ketones is 1. The normalized spacial score (nSPS) is 11.7. The second kappa shape index (κ2) is 8.57. The lowest BCUT2D eigenvalue weighted by atomic mass is 10.0. The van der Waals surface area contributed by atoms with Crippen molar-refractivity contribution in [3.05, 3.63) is 33.8 Å². The number of carbonyl (C=O) groups is 1. The highest BCUT2D eigenvalue weighted by Gasteiger charge is 2.33. The highest BCUT2D eigenvalue weighted by molar-refractivity contribution is 9.10. The van der Waals surface area contributed by atoms with E-state index < -0.39 is 11.7 Å². The molecule has 0 aliphatic rings. The average Bonchev–Trinajstić information content (AvgIpc) is 2.41. The van der Waals surface area contributed by atoms with Gasteiger partial charge in [-0.1, -0.05) is 61.0 Å². The number of benzene rings is 1. The first kappa shape index (κ1) is 18.2. The molecule has 0 aromatic heterocycles. The van der Waals surface area contributed by atoms with Crippen LogP contribution < -0.4 is 0 Å². The molecule has 1 rings (SSSR count). The van der Waals surface area contributed by atoms with Crippen molar-refractivity contribution in [3.8, 4) is 0 Å². The minimum Gasteiger partial charge on any atom is -0.294 e. The van der Waals surface area contributed by atoms with E-state index in [0.29, 0.717) is 6.42 Å². The molecule has 1 nitrogen and oxygen atoms in total. The molecule has 1 aromatic carbocycles. The summed E-state index contributed by atoms with van der Waals surface area (Å²) in [5, 5.41) is 0. The van der Waals surface area contributed by atoms with Crippen molar-refractivity contribution in [2.45, 2.75) is 58.0 Å². The smallest absolute Gasteiger partial charge is 0.294 e. The molecule has 0 N–H and O–H groups in total. The molecular weight excluding hydrogens is 345 g/mol. The van der Waals surface area contributed by atoms with Crippen molar-refractivity contribution in [1.29, 1.82) is 0 Å². The van der Waals surface area contributed by atoms with E-state index in [-0.39, 0.29) is 15.8 Å². The molecule has 0 aliphatic heterocycles. The number of halogens is 4. The third-order valence-corrected chi connectivity index (χ3v) is 4.04. The van der Waals surface area contributed by atoms with Gasteiger partial charge in [0.25, 0.3) is 0 Å². The van der Waals surface area contributed by atoms with Crippen LogP contribution in [0.5, 0.6) is 0 Å². The summed E-state index contributed by atoms with van der Waals surface area (Å²) >= 11 is 2.87. The van der Waals surface area contributed by atoms with Gasteiger partial charge >= 0.3 is 6.18 Å². The van der Waals surface area contributed by atoms with E-state index in [1.54, 1.807) is 0 Å². The van der Waals surface area contributed by atoms with Crippen molar-refractivity contribution in [3.63, 3.8) is 0 Å². The summed E-state index contributed by atoms with van der Waals surface area (Å²) in [5.41, 5.74) is -0.657. The van der Waals surface area contributed by atoms with E-state index in [2.05, 4.69) is 22.9 Å². The quantitative estimate of drug-likeness (QED) is 0.385. The van der Waals surface area contributed by atoms with Crippen LogP contribution >= 0.6 is 15.9 Å². The summed E-state index contributed by atoms with van der Waals surface area (Å²) < 4.78 is 38.3. The van der Waals surface area contributed by atoms with Crippen LogP contribution in [0.25, 0.3) is 0 Å². The molecule has 0 atom stereocenters. The van der Waals surface area contributed by atoms with Gasteiger partial charge in [0.2, 0.25) is 0 Å². The zero-order chi connectivity index (χ0) is 15.9. The molecule has 118 valence electrons. The zero-order valence-electron chi connectivity index (χ0n) is 12.1. The van der Waals surface area contributed by atoms with Crippen LogP contribution in [-0.2, 0) is 6.18 Å². The molecule has 0 amide bonds.